The van der Waals surface area contributed by atoms with E-state index in [1.165, 1.54) is 98.8 Å². The van der Waals surface area contributed by atoms with Crippen molar-refractivity contribution in [3.8, 4) is 0 Å². The Balaban J connectivity index is 0.000000202. The molecule has 5 aromatic carbocycles. The van der Waals surface area contributed by atoms with E-state index in [0.29, 0.717) is 0 Å². The van der Waals surface area contributed by atoms with Gasteiger partial charge in [-0.1, -0.05) is 104 Å². The minimum atomic E-state index is 1.08. The molecule has 0 amide bonds. The van der Waals surface area contributed by atoms with Crippen LogP contribution in [0.5, 0.6) is 0 Å². The summed E-state index contributed by atoms with van der Waals surface area (Å²) in [6.45, 7) is 6.98. The molecule has 0 radical (unpaired) electrons. The fourth-order valence-electron chi connectivity index (χ4n) is 6.37. The van der Waals surface area contributed by atoms with Gasteiger partial charge < -0.3 is 0 Å². The van der Waals surface area contributed by atoms with Gasteiger partial charge in [-0.2, -0.15) is 0 Å². The molecular formula is C40H41Zr-. The first-order valence-corrected chi connectivity index (χ1v) is 16.6. The van der Waals surface area contributed by atoms with Crippen molar-refractivity contribution >= 4 is 30.3 Å². The monoisotopic (exact) mass is 611 g/mol. The summed E-state index contributed by atoms with van der Waals surface area (Å²) in [6.07, 6.45) is 15.2. The first-order valence-electron chi connectivity index (χ1n) is 15.4. The molecule has 0 atom stereocenters. The van der Waals surface area contributed by atoms with E-state index in [9.17, 15) is 0 Å². The summed E-state index contributed by atoms with van der Waals surface area (Å²) in [5.74, 6) is 0. The van der Waals surface area contributed by atoms with Crippen molar-refractivity contribution in [3.63, 3.8) is 0 Å². The minimum absolute atomic E-state index is 1.08. The molecule has 6 rings (SSSR count). The Morgan fingerprint density at radius 1 is 0.683 bits per heavy atom. The molecular weight excluding hydrogens is 572 g/mol. The van der Waals surface area contributed by atoms with Gasteiger partial charge in [0.25, 0.3) is 0 Å². The maximum atomic E-state index is 2.47. The Bertz CT molecular complexity index is 1640. The van der Waals surface area contributed by atoms with Crippen LogP contribution in [-0.4, -0.2) is 3.21 Å². The number of aryl methyl sites for hydroxylation is 1. The summed E-state index contributed by atoms with van der Waals surface area (Å²) in [4.78, 5) is 0. The molecule has 0 saturated heterocycles. The number of rotatable bonds is 9. The van der Waals surface area contributed by atoms with Gasteiger partial charge >= 0.3 is 99.2 Å². The van der Waals surface area contributed by atoms with E-state index in [1.807, 2.05) is 0 Å². The molecule has 41 heavy (non-hydrogen) atoms. The van der Waals surface area contributed by atoms with Crippen molar-refractivity contribution in [3.05, 3.63) is 143 Å². The molecule has 0 spiro atoms. The van der Waals surface area contributed by atoms with Gasteiger partial charge in [-0.15, -0.1) is 33.7 Å². The van der Waals surface area contributed by atoms with Crippen LogP contribution in [0.4, 0.5) is 0 Å². The van der Waals surface area contributed by atoms with E-state index in [4.69, 9.17) is 0 Å². The van der Waals surface area contributed by atoms with Crippen LogP contribution in [-0.2, 0) is 43.5 Å². The van der Waals surface area contributed by atoms with Crippen molar-refractivity contribution in [2.45, 2.75) is 65.7 Å². The zero-order valence-corrected chi connectivity index (χ0v) is 27.3. The van der Waals surface area contributed by atoms with E-state index in [1.54, 1.807) is 27.6 Å². The average molecular weight is 613 g/mol. The predicted molar refractivity (Wildman–Crippen MR) is 177 cm³/mol. The number of hydrogen-bond acceptors (Lipinski definition) is 0. The van der Waals surface area contributed by atoms with Crippen molar-refractivity contribution < 1.29 is 24.2 Å². The zero-order chi connectivity index (χ0) is 28.6. The van der Waals surface area contributed by atoms with Crippen LogP contribution in [0.15, 0.2) is 109 Å². The molecule has 5 aromatic rings. The summed E-state index contributed by atoms with van der Waals surface area (Å²) in [5, 5.41) is 5.88. The van der Waals surface area contributed by atoms with Gasteiger partial charge in [-0.3, -0.25) is 0 Å². The first kappa shape index (κ1) is 29.5. The molecule has 0 unspecified atom stereocenters. The number of allylic oxidation sites excluding steroid dienone is 4. The Morgan fingerprint density at radius 2 is 1.24 bits per heavy atom. The van der Waals surface area contributed by atoms with Crippen LogP contribution >= 0.6 is 0 Å². The van der Waals surface area contributed by atoms with Crippen molar-refractivity contribution in [2.75, 3.05) is 0 Å². The number of hydrogen-bond donors (Lipinski definition) is 0. The summed E-state index contributed by atoms with van der Waals surface area (Å²) in [7, 11) is 0. The van der Waals surface area contributed by atoms with Crippen LogP contribution in [0.25, 0.3) is 27.1 Å². The summed E-state index contributed by atoms with van der Waals surface area (Å²) in [5.41, 5.74) is 10.7. The molecule has 0 fully saturated rings. The molecule has 1 aliphatic rings. The van der Waals surface area contributed by atoms with Gasteiger partial charge in [0.1, 0.15) is 0 Å². The Labute approximate surface area is 261 Å². The first-order chi connectivity index (χ1) is 20.2. The normalized spacial score (nSPS) is 12.4. The Morgan fingerprint density at radius 3 is 1.83 bits per heavy atom. The second-order valence-corrected chi connectivity index (χ2v) is 12.2. The van der Waals surface area contributed by atoms with Gasteiger partial charge in [0.15, 0.2) is 0 Å². The maximum absolute atomic E-state index is 2.47. The molecule has 0 N–H and O–H groups in total. The summed E-state index contributed by atoms with van der Waals surface area (Å²) < 4.78 is 1.42. The quantitative estimate of drug-likeness (QED) is 0.145. The van der Waals surface area contributed by atoms with Crippen molar-refractivity contribution in [1.29, 1.82) is 0 Å². The van der Waals surface area contributed by atoms with Gasteiger partial charge in [0, 0.05) is 0 Å². The topological polar surface area (TPSA) is 0 Å². The van der Waals surface area contributed by atoms with Gasteiger partial charge in [-0.05, 0) is 25.7 Å². The molecule has 0 bridgehead atoms. The number of benzene rings is 4. The molecule has 206 valence electrons. The van der Waals surface area contributed by atoms with E-state index in [-0.39, 0.29) is 0 Å². The van der Waals surface area contributed by atoms with Gasteiger partial charge in [0.05, 0.1) is 0 Å². The second-order valence-electron chi connectivity index (χ2n) is 11.0. The number of fused-ring (bicyclic) bond motifs is 3. The molecule has 1 heteroatoms. The van der Waals surface area contributed by atoms with Crippen LogP contribution in [0.2, 0.25) is 0 Å². The molecule has 0 heterocycles. The summed E-state index contributed by atoms with van der Waals surface area (Å²) in [6, 6.07) is 32.6. The molecule has 0 saturated carbocycles. The third-order valence-corrected chi connectivity index (χ3v) is 9.54. The van der Waals surface area contributed by atoms with Crippen molar-refractivity contribution in [2.24, 2.45) is 0 Å². The van der Waals surface area contributed by atoms with E-state index in [2.05, 4.69) is 130 Å². The standard InChI is InChI=1S/C27H31.C13H10.Zr/c1-4-11-22-23(12-5-2)26(19-14-7-8-15-19)25-18-20-16-9-10-17-21(20)27(25)24(22)13-6-3;1-3-7-12(8-4-1)11-13-9-5-2-6-10-13;/h7-10,14,16-18H,4-6,11-13,15H2,1-3H3;1-10H;/q-1;;. The van der Waals surface area contributed by atoms with E-state index < -0.39 is 0 Å². The van der Waals surface area contributed by atoms with Crippen molar-refractivity contribution in [1.82, 2.24) is 0 Å². The molecule has 0 aromatic heterocycles. The van der Waals surface area contributed by atoms with Crippen LogP contribution in [0, 0.1) is 0 Å². The summed E-state index contributed by atoms with van der Waals surface area (Å²) >= 11 is 1.46. The second kappa shape index (κ2) is 14.2. The van der Waals surface area contributed by atoms with Gasteiger partial charge in [0.2, 0.25) is 0 Å². The average Bonchev–Trinajstić information content (AvgIpc) is 3.69. The predicted octanol–water partition coefficient (Wildman–Crippen LogP) is 10.7. The fraction of sp³-hybridized carbons (Fsp3) is 0.250. The Kier molecular flexibility index (Phi) is 10.2. The Hall–Kier alpha value is -3.02. The fourth-order valence-corrected chi connectivity index (χ4v) is 7.19. The molecule has 0 nitrogen and oxygen atoms in total. The molecule has 1 aliphatic carbocycles. The van der Waals surface area contributed by atoms with Crippen LogP contribution < -0.4 is 0 Å². The van der Waals surface area contributed by atoms with Crippen LogP contribution in [0.1, 0.15) is 79.8 Å². The zero-order valence-electron chi connectivity index (χ0n) is 24.8. The van der Waals surface area contributed by atoms with Gasteiger partial charge in [-0.25, -0.2) is 0 Å². The van der Waals surface area contributed by atoms with E-state index >= 15 is 0 Å². The third-order valence-electron chi connectivity index (χ3n) is 8.12. The van der Waals surface area contributed by atoms with E-state index in [0.717, 1.165) is 6.42 Å². The van der Waals surface area contributed by atoms with Crippen LogP contribution in [0.3, 0.4) is 0 Å². The molecule has 0 aliphatic heterocycles. The third kappa shape index (κ3) is 6.42. The SMILES string of the molecule is CCCc1c(CCC)c(CCC)c2c([cH-]c3ccccc32)c1C1=CC=CC1.[Zr]=[C](c1ccccc1)c1ccccc1.